The summed E-state index contributed by atoms with van der Waals surface area (Å²) in [5, 5.41) is 8.42. The molecular formula is C11H16N4. The van der Waals surface area contributed by atoms with Gasteiger partial charge in [0.2, 0.25) is 0 Å². The number of rotatable bonds is 1. The fourth-order valence-corrected chi connectivity index (χ4v) is 1.78. The van der Waals surface area contributed by atoms with E-state index in [-0.39, 0.29) is 0 Å². The molecule has 0 saturated heterocycles. The van der Waals surface area contributed by atoms with Crippen molar-refractivity contribution in [1.82, 2.24) is 19.6 Å². The Hall–Kier alpha value is -1.45. The van der Waals surface area contributed by atoms with Crippen LogP contribution in [0.4, 0.5) is 0 Å². The van der Waals surface area contributed by atoms with Crippen LogP contribution in [-0.4, -0.2) is 19.6 Å². The van der Waals surface area contributed by atoms with Gasteiger partial charge in [-0.25, -0.2) is 0 Å². The molecule has 0 radical (unpaired) electrons. The lowest BCUT2D eigenvalue weighted by atomic mass is 10.2. The third-order valence-electron chi connectivity index (χ3n) is 2.72. The SMILES string of the molecule is Cc1nc(C)c2nnc(C(C)C)n2c1C. The summed E-state index contributed by atoms with van der Waals surface area (Å²) in [5.41, 5.74) is 3.99. The summed E-state index contributed by atoms with van der Waals surface area (Å²) in [7, 11) is 0. The van der Waals surface area contributed by atoms with E-state index in [0.29, 0.717) is 5.92 Å². The summed E-state index contributed by atoms with van der Waals surface area (Å²) in [6.45, 7) is 10.3. The van der Waals surface area contributed by atoms with Crippen molar-refractivity contribution in [3.05, 3.63) is 22.9 Å². The lowest BCUT2D eigenvalue weighted by Gasteiger charge is -2.09. The molecular weight excluding hydrogens is 188 g/mol. The van der Waals surface area contributed by atoms with Crippen molar-refractivity contribution >= 4 is 5.65 Å². The molecule has 2 rings (SSSR count). The molecule has 0 aromatic carbocycles. The van der Waals surface area contributed by atoms with Gasteiger partial charge in [0.1, 0.15) is 5.82 Å². The third-order valence-corrected chi connectivity index (χ3v) is 2.72. The van der Waals surface area contributed by atoms with Crippen LogP contribution in [-0.2, 0) is 0 Å². The van der Waals surface area contributed by atoms with E-state index < -0.39 is 0 Å². The molecule has 0 unspecified atom stereocenters. The summed E-state index contributed by atoms with van der Waals surface area (Å²) in [6.07, 6.45) is 0. The number of nitrogens with zero attached hydrogens (tertiary/aromatic N) is 4. The highest BCUT2D eigenvalue weighted by atomic mass is 15.3. The third kappa shape index (κ3) is 1.40. The number of fused-ring (bicyclic) bond motifs is 1. The summed E-state index contributed by atoms with van der Waals surface area (Å²) >= 11 is 0. The van der Waals surface area contributed by atoms with E-state index in [1.807, 2.05) is 13.8 Å². The van der Waals surface area contributed by atoms with Gasteiger partial charge >= 0.3 is 0 Å². The van der Waals surface area contributed by atoms with Crippen molar-refractivity contribution in [3.8, 4) is 0 Å². The first-order valence-electron chi connectivity index (χ1n) is 5.21. The van der Waals surface area contributed by atoms with Gasteiger partial charge in [0.25, 0.3) is 0 Å². The Morgan fingerprint density at radius 2 is 1.67 bits per heavy atom. The maximum absolute atomic E-state index is 4.45. The largest absolute Gasteiger partial charge is 0.280 e. The highest BCUT2D eigenvalue weighted by Crippen LogP contribution is 2.18. The van der Waals surface area contributed by atoms with Crippen LogP contribution in [0.25, 0.3) is 5.65 Å². The Morgan fingerprint density at radius 3 is 2.27 bits per heavy atom. The summed E-state index contributed by atoms with van der Waals surface area (Å²) < 4.78 is 2.11. The van der Waals surface area contributed by atoms with Gasteiger partial charge in [-0.15, -0.1) is 10.2 Å². The average molecular weight is 204 g/mol. The van der Waals surface area contributed by atoms with Crippen molar-refractivity contribution in [1.29, 1.82) is 0 Å². The lowest BCUT2D eigenvalue weighted by Crippen LogP contribution is -2.05. The molecule has 4 nitrogen and oxygen atoms in total. The summed E-state index contributed by atoms with van der Waals surface area (Å²) in [6, 6.07) is 0. The molecule has 0 amide bonds. The van der Waals surface area contributed by atoms with Gasteiger partial charge in [0.05, 0.1) is 11.4 Å². The van der Waals surface area contributed by atoms with Crippen LogP contribution in [0.3, 0.4) is 0 Å². The van der Waals surface area contributed by atoms with Crippen molar-refractivity contribution in [2.75, 3.05) is 0 Å². The van der Waals surface area contributed by atoms with Crippen LogP contribution < -0.4 is 0 Å². The molecule has 2 aromatic rings. The number of aromatic nitrogens is 4. The van der Waals surface area contributed by atoms with Crippen LogP contribution in [0.5, 0.6) is 0 Å². The van der Waals surface area contributed by atoms with Crippen molar-refractivity contribution in [2.24, 2.45) is 0 Å². The minimum atomic E-state index is 0.375. The van der Waals surface area contributed by atoms with Gasteiger partial charge in [-0.3, -0.25) is 9.38 Å². The van der Waals surface area contributed by atoms with E-state index in [1.54, 1.807) is 0 Å². The Balaban J connectivity index is 2.89. The second kappa shape index (κ2) is 3.29. The average Bonchev–Trinajstić information content (AvgIpc) is 2.58. The fourth-order valence-electron chi connectivity index (χ4n) is 1.78. The van der Waals surface area contributed by atoms with Crippen LogP contribution >= 0.6 is 0 Å². The standard InChI is InChI=1S/C11H16N4/c1-6(2)10-13-14-11-8(4)12-7(3)9(5)15(10)11/h6H,1-5H3. The normalized spacial score (nSPS) is 11.6. The number of aryl methyl sites for hydroxylation is 3. The first-order valence-corrected chi connectivity index (χ1v) is 5.21. The zero-order valence-corrected chi connectivity index (χ0v) is 9.87. The Morgan fingerprint density at radius 1 is 1.00 bits per heavy atom. The van der Waals surface area contributed by atoms with Crippen LogP contribution in [0.2, 0.25) is 0 Å². The molecule has 15 heavy (non-hydrogen) atoms. The van der Waals surface area contributed by atoms with Crippen LogP contribution in [0, 0.1) is 20.8 Å². The second-order valence-corrected chi connectivity index (χ2v) is 4.24. The van der Waals surface area contributed by atoms with Crippen LogP contribution in [0.1, 0.15) is 42.7 Å². The predicted octanol–water partition coefficient (Wildman–Crippen LogP) is 2.17. The van der Waals surface area contributed by atoms with Crippen molar-refractivity contribution in [3.63, 3.8) is 0 Å². The molecule has 0 fully saturated rings. The van der Waals surface area contributed by atoms with Crippen molar-refractivity contribution < 1.29 is 0 Å². The maximum atomic E-state index is 4.45. The zero-order valence-electron chi connectivity index (χ0n) is 9.87. The van der Waals surface area contributed by atoms with E-state index in [0.717, 1.165) is 28.6 Å². The maximum Gasteiger partial charge on any atom is 0.182 e. The van der Waals surface area contributed by atoms with Crippen molar-refractivity contribution in [2.45, 2.75) is 40.5 Å². The van der Waals surface area contributed by atoms with Gasteiger partial charge in [0.15, 0.2) is 5.65 Å². The molecule has 0 bridgehead atoms. The lowest BCUT2D eigenvalue weighted by molar-refractivity contribution is 0.747. The van der Waals surface area contributed by atoms with E-state index in [2.05, 4.69) is 40.4 Å². The van der Waals surface area contributed by atoms with Gasteiger partial charge in [-0.05, 0) is 20.8 Å². The Labute approximate surface area is 89.4 Å². The molecule has 0 N–H and O–H groups in total. The first-order chi connectivity index (χ1) is 7.02. The van der Waals surface area contributed by atoms with Crippen LogP contribution in [0.15, 0.2) is 0 Å². The fraction of sp³-hybridized carbons (Fsp3) is 0.545. The van der Waals surface area contributed by atoms with E-state index in [9.17, 15) is 0 Å². The Bertz CT molecular complexity index is 511. The molecule has 0 atom stereocenters. The molecule has 0 aliphatic heterocycles. The molecule has 80 valence electrons. The highest BCUT2D eigenvalue weighted by molar-refractivity contribution is 5.45. The zero-order chi connectivity index (χ0) is 11.2. The van der Waals surface area contributed by atoms with E-state index in [4.69, 9.17) is 0 Å². The Kier molecular flexibility index (Phi) is 2.21. The predicted molar refractivity (Wildman–Crippen MR) is 59.1 cm³/mol. The number of hydrogen-bond acceptors (Lipinski definition) is 3. The monoisotopic (exact) mass is 204 g/mol. The molecule has 0 saturated carbocycles. The highest BCUT2D eigenvalue weighted by Gasteiger charge is 2.14. The minimum absolute atomic E-state index is 0.375. The molecule has 0 aliphatic carbocycles. The van der Waals surface area contributed by atoms with E-state index >= 15 is 0 Å². The second-order valence-electron chi connectivity index (χ2n) is 4.24. The van der Waals surface area contributed by atoms with Gasteiger partial charge in [-0.1, -0.05) is 13.8 Å². The quantitative estimate of drug-likeness (QED) is 0.715. The van der Waals surface area contributed by atoms with Gasteiger partial charge < -0.3 is 0 Å². The first kappa shape index (κ1) is 10.1. The minimum Gasteiger partial charge on any atom is -0.280 e. The molecule has 2 heterocycles. The molecule has 4 heteroatoms. The molecule has 0 aliphatic rings. The summed E-state index contributed by atoms with van der Waals surface area (Å²) in [4.78, 5) is 4.45. The molecule has 2 aromatic heterocycles. The summed E-state index contributed by atoms with van der Waals surface area (Å²) in [5.74, 6) is 1.39. The smallest absolute Gasteiger partial charge is 0.182 e. The van der Waals surface area contributed by atoms with Gasteiger partial charge in [-0.2, -0.15) is 0 Å². The number of hydrogen-bond donors (Lipinski definition) is 0. The molecule has 0 spiro atoms. The van der Waals surface area contributed by atoms with Gasteiger partial charge in [0, 0.05) is 11.6 Å². The van der Waals surface area contributed by atoms with E-state index in [1.165, 1.54) is 0 Å². The topological polar surface area (TPSA) is 43.1 Å².